The number of rotatable bonds is 7. The van der Waals surface area contributed by atoms with E-state index in [1.807, 2.05) is 30.3 Å². The lowest BCUT2D eigenvalue weighted by Crippen LogP contribution is -2.33. The second-order valence-corrected chi connectivity index (χ2v) is 8.13. The van der Waals surface area contributed by atoms with E-state index in [1.165, 1.54) is 17.2 Å². The van der Waals surface area contributed by atoms with Crippen molar-refractivity contribution in [1.29, 1.82) is 0 Å². The number of halogens is 1. The maximum atomic E-state index is 14.7. The Hall–Kier alpha value is -2.51. The summed E-state index contributed by atoms with van der Waals surface area (Å²) in [4.78, 5) is 12.8. The predicted molar refractivity (Wildman–Crippen MR) is 103 cm³/mol. The van der Waals surface area contributed by atoms with Crippen LogP contribution in [-0.2, 0) is 32.1 Å². The molecule has 12 heteroatoms. The summed E-state index contributed by atoms with van der Waals surface area (Å²) < 4.78 is 47.9. The van der Waals surface area contributed by atoms with Crippen LogP contribution in [0.15, 0.2) is 43.0 Å². The molecular weight excluding hydrogens is 417 g/mol. The number of benzene rings is 1. The third-order valence-corrected chi connectivity index (χ3v) is 5.36. The second kappa shape index (κ2) is 8.32. The van der Waals surface area contributed by atoms with Crippen LogP contribution in [0.1, 0.15) is 17.5 Å². The smallest absolute Gasteiger partial charge is 0.333 e. The zero-order chi connectivity index (χ0) is 21.3. The number of alkyl halides is 1. The molecule has 3 N–H and O–H groups in total. The highest BCUT2D eigenvalue weighted by molar-refractivity contribution is 7.84. The molecule has 1 unspecified atom stereocenters. The van der Waals surface area contributed by atoms with Crippen LogP contribution in [-0.4, -0.2) is 58.0 Å². The Kier molecular flexibility index (Phi) is 5.75. The quantitative estimate of drug-likeness (QED) is 0.542. The lowest BCUT2D eigenvalue weighted by Gasteiger charge is -2.15. The monoisotopic (exact) mass is 437 g/mol. The van der Waals surface area contributed by atoms with Crippen LogP contribution in [0.4, 0.5) is 4.39 Å². The summed E-state index contributed by atoms with van der Waals surface area (Å²) in [5.74, 6) is 0. The maximum absolute atomic E-state index is 14.7. The number of imidazole rings is 1. The molecule has 0 aliphatic carbocycles. The van der Waals surface area contributed by atoms with Gasteiger partial charge in [0, 0.05) is 0 Å². The molecule has 3 aromatic rings. The van der Waals surface area contributed by atoms with Gasteiger partial charge in [-0.25, -0.2) is 24.5 Å². The molecule has 160 valence electrons. The molecule has 2 aromatic heterocycles. The van der Waals surface area contributed by atoms with E-state index < -0.39 is 41.5 Å². The largest absolute Gasteiger partial charge is 0.387 e. The lowest BCUT2D eigenvalue weighted by molar-refractivity contribution is -0.0403. The molecule has 3 heterocycles. The van der Waals surface area contributed by atoms with Gasteiger partial charge in [-0.05, 0) is 18.4 Å². The molecule has 1 saturated heterocycles. The highest BCUT2D eigenvalue weighted by Gasteiger charge is 2.46. The Morgan fingerprint density at radius 1 is 1.20 bits per heavy atom. The molecule has 4 atom stereocenters. The minimum Gasteiger partial charge on any atom is -0.387 e. The molecule has 1 fully saturated rings. The highest BCUT2D eigenvalue weighted by Crippen LogP contribution is 2.34. The van der Waals surface area contributed by atoms with E-state index in [0.717, 1.165) is 12.0 Å². The van der Waals surface area contributed by atoms with Crippen molar-refractivity contribution in [2.45, 2.75) is 37.4 Å². The summed E-state index contributed by atoms with van der Waals surface area (Å²) in [6, 6.07) is 9.89. The Morgan fingerprint density at radius 3 is 2.70 bits per heavy atom. The average molecular weight is 437 g/mol. The Labute approximate surface area is 171 Å². The first kappa shape index (κ1) is 20.8. The number of aliphatic hydroxyl groups excluding tert-OH is 1. The topological polar surface area (TPSA) is 142 Å². The van der Waals surface area contributed by atoms with Crippen molar-refractivity contribution < 1.29 is 26.8 Å². The van der Waals surface area contributed by atoms with Crippen molar-refractivity contribution >= 4 is 21.5 Å². The van der Waals surface area contributed by atoms with Crippen molar-refractivity contribution in [3.8, 4) is 0 Å². The Balaban J connectivity index is 1.55. The summed E-state index contributed by atoms with van der Waals surface area (Å²) in [6.07, 6.45) is -1.85. The van der Waals surface area contributed by atoms with Crippen molar-refractivity contribution in [3.63, 3.8) is 0 Å². The van der Waals surface area contributed by atoms with Crippen molar-refractivity contribution in [2.75, 3.05) is 6.61 Å². The highest BCUT2D eigenvalue weighted by atomic mass is 32.2. The molecule has 30 heavy (non-hydrogen) atoms. The van der Waals surface area contributed by atoms with E-state index in [1.54, 1.807) is 0 Å². The van der Waals surface area contributed by atoms with E-state index >= 15 is 0 Å². The zero-order valence-electron chi connectivity index (χ0n) is 15.7. The summed E-state index contributed by atoms with van der Waals surface area (Å²) in [5, 5.41) is 14.8. The number of nitrogens with zero attached hydrogens (tertiary/aromatic N) is 4. The van der Waals surface area contributed by atoms with Gasteiger partial charge in [0.25, 0.3) is 0 Å². The van der Waals surface area contributed by atoms with Gasteiger partial charge in [-0.3, -0.25) is 8.75 Å². The molecule has 0 bridgehead atoms. The van der Waals surface area contributed by atoms with Crippen molar-refractivity contribution in [2.24, 2.45) is 5.14 Å². The van der Waals surface area contributed by atoms with E-state index in [4.69, 9.17) is 9.88 Å². The van der Waals surface area contributed by atoms with E-state index in [9.17, 15) is 17.9 Å². The van der Waals surface area contributed by atoms with Gasteiger partial charge in [0.05, 0.1) is 18.6 Å². The fraction of sp³-hybridized carbons (Fsp3) is 0.389. The number of fused-ring (bicyclic) bond motifs is 1. The molecule has 1 aliphatic rings. The standard InChI is InChI=1S/C18H20FN5O5S/c19-14-16(25)13(8-28-30(20,26)27)29-18(14)24-10-23-15-12(21-9-22-17(15)24)7-6-11-4-2-1-3-5-11/h1-5,9-10,13-14,16,18,25H,6-8H2,(H2,20,26,27)/t13-,14?,16+,18-/m1/s1. The van der Waals surface area contributed by atoms with Crippen LogP contribution in [0.5, 0.6) is 0 Å². The molecule has 0 spiro atoms. The molecule has 0 radical (unpaired) electrons. The van der Waals surface area contributed by atoms with Gasteiger partial charge in [0.2, 0.25) is 0 Å². The van der Waals surface area contributed by atoms with Crippen LogP contribution >= 0.6 is 0 Å². The predicted octanol–water partition coefficient (Wildman–Crippen LogP) is 0.428. The number of nitrogens with two attached hydrogens (primary N) is 1. The fourth-order valence-electron chi connectivity index (χ4n) is 3.40. The van der Waals surface area contributed by atoms with Crippen molar-refractivity contribution in [3.05, 3.63) is 54.2 Å². The van der Waals surface area contributed by atoms with Crippen molar-refractivity contribution in [1.82, 2.24) is 19.5 Å². The van der Waals surface area contributed by atoms with Gasteiger partial charge in [0.15, 0.2) is 18.0 Å². The van der Waals surface area contributed by atoms with Gasteiger partial charge < -0.3 is 9.84 Å². The first-order valence-electron chi connectivity index (χ1n) is 9.18. The summed E-state index contributed by atoms with van der Waals surface area (Å²) >= 11 is 0. The van der Waals surface area contributed by atoms with Gasteiger partial charge >= 0.3 is 10.3 Å². The zero-order valence-corrected chi connectivity index (χ0v) is 16.5. The first-order chi connectivity index (χ1) is 14.3. The molecule has 0 saturated carbocycles. The number of aryl methyl sites for hydroxylation is 2. The van der Waals surface area contributed by atoms with Gasteiger partial charge in [-0.1, -0.05) is 30.3 Å². The van der Waals surface area contributed by atoms with Crippen LogP contribution in [0.25, 0.3) is 11.2 Å². The maximum Gasteiger partial charge on any atom is 0.333 e. The molecule has 10 nitrogen and oxygen atoms in total. The normalized spacial score (nSPS) is 24.5. The molecule has 4 rings (SSSR count). The number of hydrogen-bond acceptors (Lipinski definition) is 8. The average Bonchev–Trinajstić information content (AvgIpc) is 3.27. The SMILES string of the molecule is NS(=O)(=O)OC[C@H]1O[C@@H](n2cnc3c(CCc4ccccc4)ncnc32)C(F)[C@H]1O. The minimum atomic E-state index is -4.25. The fourth-order valence-corrected chi connectivity index (χ4v) is 3.73. The van der Waals surface area contributed by atoms with E-state index in [-0.39, 0.29) is 0 Å². The van der Waals surface area contributed by atoms with E-state index in [0.29, 0.717) is 23.3 Å². The third-order valence-electron chi connectivity index (χ3n) is 4.89. The summed E-state index contributed by atoms with van der Waals surface area (Å²) in [7, 11) is -4.25. The molecule has 1 aromatic carbocycles. The summed E-state index contributed by atoms with van der Waals surface area (Å²) in [5.41, 5.74) is 2.70. The lowest BCUT2D eigenvalue weighted by atomic mass is 10.1. The number of aliphatic hydroxyl groups is 1. The van der Waals surface area contributed by atoms with Gasteiger partial charge in [-0.2, -0.15) is 8.42 Å². The molecule has 0 amide bonds. The van der Waals surface area contributed by atoms with Crippen LogP contribution < -0.4 is 5.14 Å². The molecular formula is C18H20FN5O5S. The van der Waals surface area contributed by atoms with Gasteiger partial charge in [-0.15, -0.1) is 0 Å². The Morgan fingerprint density at radius 2 is 1.97 bits per heavy atom. The number of aromatic nitrogens is 4. The second-order valence-electron chi connectivity index (χ2n) is 6.91. The third kappa shape index (κ3) is 4.32. The number of ether oxygens (including phenoxy) is 1. The summed E-state index contributed by atoms with van der Waals surface area (Å²) in [6.45, 7) is -0.610. The molecule has 1 aliphatic heterocycles. The Bertz CT molecular complexity index is 1130. The van der Waals surface area contributed by atoms with Crippen LogP contribution in [0.3, 0.4) is 0 Å². The minimum absolute atomic E-state index is 0.348. The van der Waals surface area contributed by atoms with Gasteiger partial charge in [0.1, 0.15) is 24.1 Å². The van der Waals surface area contributed by atoms with E-state index in [2.05, 4.69) is 19.1 Å². The van der Waals surface area contributed by atoms with Crippen LogP contribution in [0.2, 0.25) is 0 Å². The first-order valence-corrected chi connectivity index (χ1v) is 10.7. The van der Waals surface area contributed by atoms with Crippen LogP contribution in [0, 0.1) is 0 Å². The number of hydrogen-bond donors (Lipinski definition) is 2.